The number of rotatable bonds is 5. The summed E-state index contributed by atoms with van der Waals surface area (Å²) in [6.07, 6.45) is 3.46. The molecule has 0 radical (unpaired) electrons. The molecule has 0 saturated heterocycles. The Morgan fingerprint density at radius 3 is 2.68 bits per heavy atom. The number of nitrogens with zero attached hydrogens (tertiary/aromatic N) is 1. The predicted molar refractivity (Wildman–Crippen MR) is 73.1 cm³/mol. The molecule has 2 rings (SSSR count). The number of carbonyl (C=O) groups excluding carboxylic acids is 1. The molecule has 1 aromatic heterocycles. The molecule has 0 saturated carbocycles. The highest BCUT2D eigenvalue weighted by molar-refractivity contribution is 5.94. The van der Waals surface area contributed by atoms with Crippen LogP contribution in [0.4, 0.5) is 5.69 Å². The Labute approximate surface area is 111 Å². The Morgan fingerprint density at radius 2 is 2.05 bits per heavy atom. The Kier molecular flexibility index (Phi) is 3.97. The first-order valence-electron chi connectivity index (χ1n) is 5.81. The van der Waals surface area contributed by atoms with Crippen LogP contribution in [0.3, 0.4) is 0 Å². The van der Waals surface area contributed by atoms with Crippen molar-refractivity contribution in [3.05, 3.63) is 53.9 Å². The summed E-state index contributed by atoms with van der Waals surface area (Å²) >= 11 is 0. The first-order valence-corrected chi connectivity index (χ1v) is 5.81. The number of anilines is 1. The number of primary amides is 1. The Balaban J connectivity index is 2.18. The lowest BCUT2D eigenvalue weighted by Gasteiger charge is -2.12. The van der Waals surface area contributed by atoms with Crippen LogP contribution in [-0.2, 0) is 6.54 Å². The number of aromatic nitrogens is 1. The van der Waals surface area contributed by atoms with E-state index < -0.39 is 5.91 Å². The molecule has 1 heterocycles. The maximum atomic E-state index is 11.2. The lowest BCUT2D eigenvalue weighted by molar-refractivity contribution is 0.100. The van der Waals surface area contributed by atoms with E-state index in [-0.39, 0.29) is 0 Å². The van der Waals surface area contributed by atoms with Gasteiger partial charge in [0.1, 0.15) is 5.75 Å². The molecule has 0 bridgehead atoms. The molecule has 0 fully saturated rings. The number of nitrogens with one attached hydrogen (secondary N) is 1. The zero-order chi connectivity index (χ0) is 13.7. The molecular weight excluding hydrogens is 242 g/mol. The van der Waals surface area contributed by atoms with Gasteiger partial charge in [0.25, 0.3) is 0 Å². The number of hydrogen-bond acceptors (Lipinski definition) is 4. The van der Waals surface area contributed by atoms with Crippen molar-refractivity contribution in [2.75, 3.05) is 12.4 Å². The molecule has 0 unspecified atom stereocenters. The van der Waals surface area contributed by atoms with Crippen molar-refractivity contribution in [3.8, 4) is 5.75 Å². The number of amides is 1. The van der Waals surface area contributed by atoms with E-state index >= 15 is 0 Å². The molecule has 0 aliphatic carbocycles. The highest BCUT2D eigenvalue weighted by Gasteiger charge is 2.07. The van der Waals surface area contributed by atoms with Gasteiger partial charge in [0.05, 0.1) is 12.8 Å². The Morgan fingerprint density at radius 1 is 1.32 bits per heavy atom. The zero-order valence-electron chi connectivity index (χ0n) is 10.6. The van der Waals surface area contributed by atoms with E-state index in [0.717, 1.165) is 11.3 Å². The van der Waals surface area contributed by atoms with Crippen molar-refractivity contribution in [1.29, 1.82) is 0 Å². The van der Waals surface area contributed by atoms with Gasteiger partial charge in [-0.3, -0.25) is 9.78 Å². The van der Waals surface area contributed by atoms with Gasteiger partial charge in [-0.25, -0.2) is 0 Å². The van der Waals surface area contributed by atoms with Crippen LogP contribution in [0.1, 0.15) is 15.9 Å². The van der Waals surface area contributed by atoms with E-state index in [1.807, 2.05) is 12.1 Å². The summed E-state index contributed by atoms with van der Waals surface area (Å²) in [5.41, 5.74) is 7.53. The fourth-order valence-electron chi connectivity index (χ4n) is 1.70. The van der Waals surface area contributed by atoms with Crippen LogP contribution >= 0.6 is 0 Å². The molecule has 0 aliphatic heterocycles. The van der Waals surface area contributed by atoms with Gasteiger partial charge in [-0.05, 0) is 35.9 Å². The molecule has 5 heteroatoms. The third-order valence-electron chi connectivity index (χ3n) is 2.72. The molecule has 0 atom stereocenters. The first kappa shape index (κ1) is 12.9. The minimum Gasteiger partial charge on any atom is -0.495 e. The van der Waals surface area contributed by atoms with Crippen LogP contribution in [0.25, 0.3) is 0 Å². The van der Waals surface area contributed by atoms with Crippen molar-refractivity contribution in [2.45, 2.75) is 6.54 Å². The van der Waals surface area contributed by atoms with Gasteiger partial charge in [-0.2, -0.15) is 0 Å². The van der Waals surface area contributed by atoms with Crippen molar-refractivity contribution >= 4 is 11.6 Å². The quantitative estimate of drug-likeness (QED) is 0.856. The minimum atomic E-state index is -0.463. The molecule has 3 N–H and O–H groups in total. The topological polar surface area (TPSA) is 77.2 Å². The summed E-state index contributed by atoms with van der Waals surface area (Å²) in [6, 6.07) is 8.87. The van der Waals surface area contributed by atoms with Crippen LogP contribution in [0.15, 0.2) is 42.7 Å². The highest BCUT2D eigenvalue weighted by atomic mass is 16.5. The summed E-state index contributed by atoms with van der Waals surface area (Å²) in [5.74, 6) is 0.202. The molecule has 1 amide bonds. The SMILES string of the molecule is COc1ccc(C(N)=O)cc1NCc1ccncc1. The summed E-state index contributed by atoms with van der Waals surface area (Å²) in [4.78, 5) is 15.1. The minimum absolute atomic E-state index is 0.443. The molecular formula is C14H15N3O2. The molecule has 5 nitrogen and oxygen atoms in total. The fraction of sp³-hybridized carbons (Fsp3) is 0.143. The van der Waals surface area contributed by atoms with E-state index in [0.29, 0.717) is 17.9 Å². The lowest BCUT2D eigenvalue weighted by atomic mass is 10.1. The highest BCUT2D eigenvalue weighted by Crippen LogP contribution is 2.25. The van der Waals surface area contributed by atoms with Crippen molar-refractivity contribution in [2.24, 2.45) is 5.73 Å². The van der Waals surface area contributed by atoms with Gasteiger partial charge >= 0.3 is 0 Å². The second-order valence-corrected chi connectivity index (χ2v) is 3.99. The van der Waals surface area contributed by atoms with Gasteiger partial charge in [0.2, 0.25) is 5.91 Å². The number of hydrogen-bond donors (Lipinski definition) is 2. The molecule has 2 aromatic rings. The second kappa shape index (κ2) is 5.86. The van der Waals surface area contributed by atoms with Crippen LogP contribution < -0.4 is 15.8 Å². The Hall–Kier alpha value is -2.56. The molecule has 98 valence electrons. The van der Waals surface area contributed by atoms with Gasteiger partial charge in [-0.1, -0.05) is 0 Å². The summed E-state index contributed by atoms with van der Waals surface area (Å²) in [7, 11) is 1.58. The van der Waals surface area contributed by atoms with Crippen molar-refractivity contribution < 1.29 is 9.53 Å². The largest absolute Gasteiger partial charge is 0.495 e. The number of carbonyl (C=O) groups is 1. The maximum absolute atomic E-state index is 11.2. The molecule has 0 spiro atoms. The summed E-state index contributed by atoms with van der Waals surface area (Å²) < 4.78 is 5.24. The maximum Gasteiger partial charge on any atom is 0.248 e. The van der Waals surface area contributed by atoms with Gasteiger partial charge in [0.15, 0.2) is 0 Å². The van der Waals surface area contributed by atoms with E-state index in [9.17, 15) is 4.79 Å². The van der Waals surface area contributed by atoms with E-state index in [1.165, 1.54) is 0 Å². The van der Waals surface area contributed by atoms with Crippen LogP contribution in [-0.4, -0.2) is 18.0 Å². The lowest BCUT2D eigenvalue weighted by Crippen LogP contribution is -2.11. The number of ether oxygens (including phenoxy) is 1. The van der Waals surface area contributed by atoms with Crippen molar-refractivity contribution in [1.82, 2.24) is 4.98 Å². The van der Waals surface area contributed by atoms with E-state index in [1.54, 1.807) is 37.7 Å². The van der Waals surface area contributed by atoms with Gasteiger partial charge in [0, 0.05) is 24.5 Å². The third kappa shape index (κ3) is 3.22. The molecule has 1 aromatic carbocycles. The predicted octanol–water partition coefficient (Wildman–Crippen LogP) is 1.80. The average molecular weight is 257 g/mol. The number of benzene rings is 1. The monoisotopic (exact) mass is 257 g/mol. The molecule has 0 aliphatic rings. The smallest absolute Gasteiger partial charge is 0.248 e. The van der Waals surface area contributed by atoms with Crippen LogP contribution in [0.5, 0.6) is 5.75 Å². The normalized spacial score (nSPS) is 9.95. The number of nitrogens with two attached hydrogens (primary N) is 1. The number of pyridine rings is 1. The zero-order valence-corrected chi connectivity index (χ0v) is 10.6. The second-order valence-electron chi connectivity index (χ2n) is 3.99. The van der Waals surface area contributed by atoms with E-state index in [4.69, 9.17) is 10.5 Å². The van der Waals surface area contributed by atoms with Gasteiger partial charge < -0.3 is 15.8 Å². The standard InChI is InChI=1S/C14H15N3O2/c1-19-13-3-2-11(14(15)18)8-12(13)17-9-10-4-6-16-7-5-10/h2-8,17H,9H2,1H3,(H2,15,18). The Bertz CT molecular complexity index is 570. The third-order valence-corrected chi connectivity index (χ3v) is 2.72. The summed E-state index contributed by atoms with van der Waals surface area (Å²) in [5, 5.41) is 3.22. The first-order chi connectivity index (χ1) is 9.20. The molecule has 19 heavy (non-hydrogen) atoms. The van der Waals surface area contributed by atoms with Gasteiger partial charge in [-0.15, -0.1) is 0 Å². The fourth-order valence-corrected chi connectivity index (χ4v) is 1.70. The van der Waals surface area contributed by atoms with E-state index in [2.05, 4.69) is 10.3 Å². The average Bonchev–Trinajstić information content (AvgIpc) is 2.45. The van der Waals surface area contributed by atoms with Crippen molar-refractivity contribution in [3.63, 3.8) is 0 Å². The summed E-state index contributed by atoms with van der Waals surface area (Å²) in [6.45, 7) is 0.612. The number of methoxy groups -OCH3 is 1. The van der Waals surface area contributed by atoms with Crippen LogP contribution in [0.2, 0.25) is 0 Å². The van der Waals surface area contributed by atoms with Crippen LogP contribution in [0, 0.1) is 0 Å².